The zero-order valence-corrected chi connectivity index (χ0v) is 14.3. The number of carbonyl (C=O) groups excluding carboxylic acids is 1. The Hall–Kier alpha value is -2.43. The highest BCUT2D eigenvalue weighted by Crippen LogP contribution is 2.14. The first-order chi connectivity index (χ1) is 10.7. The summed E-state index contributed by atoms with van der Waals surface area (Å²) in [5.41, 5.74) is 2.85. The molecule has 0 aliphatic carbocycles. The maximum Gasteiger partial charge on any atom is 0.338 e. The number of anilines is 1. The van der Waals surface area contributed by atoms with Gasteiger partial charge in [0.1, 0.15) is 5.60 Å². The minimum absolute atomic E-state index is 0.318. The Morgan fingerprint density at radius 1 is 1.13 bits per heavy atom. The van der Waals surface area contributed by atoms with Crippen LogP contribution in [0.2, 0.25) is 0 Å². The van der Waals surface area contributed by atoms with Crippen molar-refractivity contribution in [1.82, 2.24) is 9.97 Å². The number of hydrogen-bond donors (Lipinski definition) is 1. The number of nitrogens with zero attached hydrogens (tertiary/aromatic N) is 2. The maximum absolute atomic E-state index is 12.1. The lowest BCUT2D eigenvalue weighted by Gasteiger charge is -2.19. The third kappa shape index (κ3) is 5.36. The van der Waals surface area contributed by atoms with E-state index in [-0.39, 0.29) is 5.97 Å². The van der Waals surface area contributed by atoms with Crippen LogP contribution in [0.5, 0.6) is 0 Å². The van der Waals surface area contributed by atoms with Gasteiger partial charge >= 0.3 is 5.97 Å². The third-order valence-electron chi connectivity index (χ3n) is 2.99. The standard InChI is InChI=1S/C18H23N3O2/c1-12-9-13(2)21-17(20-12)19-11-14-7-6-8-15(10-14)16(22)23-18(3,4)5/h6-10H,11H2,1-5H3,(H,19,20,21). The van der Waals surface area contributed by atoms with Crippen molar-refractivity contribution >= 4 is 11.9 Å². The predicted molar refractivity (Wildman–Crippen MR) is 90.4 cm³/mol. The monoisotopic (exact) mass is 313 g/mol. The zero-order chi connectivity index (χ0) is 17.0. The zero-order valence-electron chi connectivity index (χ0n) is 14.3. The van der Waals surface area contributed by atoms with E-state index in [1.165, 1.54) is 0 Å². The third-order valence-corrected chi connectivity index (χ3v) is 2.99. The molecular weight excluding hydrogens is 290 g/mol. The van der Waals surface area contributed by atoms with Crippen molar-refractivity contribution in [2.24, 2.45) is 0 Å². The molecule has 23 heavy (non-hydrogen) atoms. The van der Waals surface area contributed by atoms with Crippen LogP contribution in [0.15, 0.2) is 30.3 Å². The van der Waals surface area contributed by atoms with E-state index in [9.17, 15) is 4.79 Å². The Bertz CT molecular complexity index is 685. The number of aromatic nitrogens is 2. The number of esters is 1. The van der Waals surface area contributed by atoms with Gasteiger partial charge in [-0.05, 0) is 58.4 Å². The average Bonchev–Trinajstić information content (AvgIpc) is 2.43. The van der Waals surface area contributed by atoms with Gasteiger partial charge in [-0.25, -0.2) is 14.8 Å². The van der Waals surface area contributed by atoms with E-state index >= 15 is 0 Å². The number of ether oxygens (including phenoxy) is 1. The summed E-state index contributed by atoms with van der Waals surface area (Å²) in [6.45, 7) is 9.97. The second-order valence-electron chi connectivity index (χ2n) is 6.53. The van der Waals surface area contributed by atoms with Crippen molar-refractivity contribution in [2.75, 3.05) is 5.32 Å². The summed E-state index contributed by atoms with van der Waals surface area (Å²) in [4.78, 5) is 20.8. The first-order valence-corrected chi connectivity index (χ1v) is 7.61. The maximum atomic E-state index is 12.1. The first kappa shape index (κ1) is 16.9. The molecule has 1 aromatic carbocycles. The summed E-state index contributed by atoms with van der Waals surface area (Å²) < 4.78 is 5.39. The van der Waals surface area contributed by atoms with Crippen molar-refractivity contribution < 1.29 is 9.53 Å². The Morgan fingerprint density at radius 3 is 2.39 bits per heavy atom. The minimum Gasteiger partial charge on any atom is -0.456 e. The first-order valence-electron chi connectivity index (χ1n) is 7.61. The summed E-state index contributed by atoms with van der Waals surface area (Å²) in [6.07, 6.45) is 0. The van der Waals surface area contributed by atoms with E-state index in [2.05, 4.69) is 15.3 Å². The van der Waals surface area contributed by atoms with Gasteiger partial charge in [-0.3, -0.25) is 0 Å². The second-order valence-corrected chi connectivity index (χ2v) is 6.53. The molecule has 5 heteroatoms. The molecule has 0 aliphatic heterocycles. The molecule has 0 aliphatic rings. The Kier molecular flexibility index (Phi) is 4.98. The Labute approximate surface area is 137 Å². The van der Waals surface area contributed by atoms with Gasteiger partial charge in [0.25, 0.3) is 0 Å². The van der Waals surface area contributed by atoms with Gasteiger partial charge in [0, 0.05) is 17.9 Å². The average molecular weight is 313 g/mol. The minimum atomic E-state index is -0.502. The normalized spacial score (nSPS) is 11.2. The Morgan fingerprint density at radius 2 is 1.78 bits per heavy atom. The quantitative estimate of drug-likeness (QED) is 0.873. The van der Waals surface area contributed by atoms with Crippen LogP contribution in [0.25, 0.3) is 0 Å². The van der Waals surface area contributed by atoms with Crippen LogP contribution in [-0.2, 0) is 11.3 Å². The van der Waals surface area contributed by atoms with E-state index in [0.717, 1.165) is 17.0 Å². The van der Waals surface area contributed by atoms with E-state index in [1.54, 1.807) is 6.07 Å². The van der Waals surface area contributed by atoms with E-state index in [1.807, 2.05) is 58.9 Å². The molecule has 1 heterocycles. The number of carbonyl (C=O) groups is 1. The van der Waals surface area contributed by atoms with Crippen molar-refractivity contribution in [3.63, 3.8) is 0 Å². The van der Waals surface area contributed by atoms with Gasteiger partial charge in [0.15, 0.2) is 0 Å². The molecule has 0 atom stereocenters. The van der Waals surface area contributed by atoms with Gasteiger partial charge in [0.05, 0.1) is 5.56 Å². The molecule has 0 bridgehead atoms. The van der Waals surface area contributed by atoms with Gasteiger partial charge < -0.3 is 10.1 Å². The van der Waals surface area contributed by atoms with Gasteiger partial charge in [-0.1, -0.05) is 12.1 Å². The molecule has 0 saturated heterocycles. The van der Waals surface area contributed by atoms with E-state index in [0.29, 0.717) is 18.1 Å². The SMILES string of the molecule is Cc1cc(C)nc(NCc2cccc(C(=O)OC(C)(C)C)c2)n1. The highest BCUT2D eigenvalue weighted by atomic mass is 16.6. The molecular formula is C18H23N3O2. The molecule has 0 unspecified atom stereocenters. The van der Waals surface area contributed by atoms with Crippen molar-refractivity contribution in [2.45, 2.75) is 46.8 Å². The molecule has 5 nitrogen and oxygen atoms in total. The molecule has 0 amide bonds. The summed E-state index contributed by atoms with van der Waals surface area (Å²) in [5.74, 6) is 0.271. The number of hydrogen-bond acceptors (Lipinski definition) is 5. The van der Waals surface area contributed by atoms with Crippen LogP contribution in [0, 0.1) is 13.8 Å². The molecule has 122 valence electrons. The smallest absolute Gasteiger partial charge is 0.338 e. The lowest BCUT2D eigenvalue weighted by Crippen LogP contribution is -2.24. The second kappa shape index (κ2) is 6.77. The van der Waals surface area contributed by atoms with Crippen molar-refractivity contribution in [3.05, 3.63) is 52.8 Å². The lowest BCUT2D eigenvalue weighted by atomic mass is 10.1. The van der Waals surface area contributed by atoms with Crippen LogP contribution in [-0.4, -0.2) is 21.5 Å². The van der Waals surface area contributed by atoms with Crippen LogP contribution >= 0.6 is 0 Å². The van der Waals surface area contributed by atoms with Crippen LogP contribution in [0.4, 0.5) is 5.95 Å². The largest absolute Gasteiger partial charge is 0.456 e. The van der Waals surface area contributed by atoms with Crippen LogP contribution in [0.3, 0.4) is 0 Å². The Balaban J connectivity index is 2.06. The molecule has 1 N–H and O–H groups in total. The fourth-order valence-corrected chi connectivity index (χ4v) is 2.13. The summed E-state index contributed by atoms with van der Waals surface area (Å²) in [6, 6.07) is 9.30. The summed E-state index contributed by atoms with van der Waals surface area (Å²) >= 11 is 0. The molecule has 0 saturated carbocycles. The number of aryl methyl sites for hydroxylation is 2. The number of benzene rings is 1. The molecule has 1 aromatic heterocycles. The fourth-order valence-electron chi connectivity index (χ4n) is 2.13. The predicted octanol–water partition coefficient (Wildman–Crippen LogP) is 3.66. The topological polar surface area (TPSA) is 64.1 Å². The molecule has 2 aromatic rings. The van der Waals surface area contributed by atoms with E-state index in [4.69, 9.17) is 4.74 Å². The summed E-state index contributed by atoms with van der Waals surface area (Å²) in [5, 5.41) is 3.18. The summed E-state index contributed by atoms with van der Waals surface area (Å²) in [7, 11) is 0. The van der Waals surface area contributed by atoms with Gasteiger partial charge in [-0.15, -0.1) is 0 Å². The number of nitrogens with one attached hydrogen (secondary N) is 1. The highest BCUT2D eigenvalue weighted by Gasteiger charge is 2.17. The van der Waals surface area contributed by atoms with Gasteiger partial charge in [0.2, 0.25) is 5.95 Å². The fraction of sp³-hybridized carbons (Fsp3) is 0.389. The molecule has 0 spiro atoms. The van der Waals surface area contributed by atoms with Gasteiger partial charge in [-0.2, -0.15) is 0 Å². The van der Waals surface area contributed by atoms with Crippen molar-refractivity contribution in [1.29, 1.82) is 0 Å². The number of rotatable bonds is 4. The van der Waals surface area contributed by atoms with E-state index < -0.39 is 5.60 Å². The molecule has 0 fully saturated rings. The molecule has 2 rings (SSSR count). The lowest BCUT2D eigenvalue weighted by molar-refractivity contribution is 0.00694. The van der Waals surface area contributed by atoms with Crippen molar-refractivity contribution in [3.8, 4) is 0 Å². The van der Waals surface area contributed by atoms with Crippen LogP contribution < -0.4 is 5.32 Å². The molecule has 0 radical (unpaired) electrons. The highest BCUT2D eigenvalue weighted by molar-refractivity contribution is 5.89. The van der Waals surface area contributed by atoms with Crippen LogP contribution in [0.1, 0.15) is 48.1 Å².